The number of amides is 1. The smallest absolute Gasteiger partial charge is 0.221 e. The highest BCUT2D eigenvalue weighted by molar-refractivity contribution is 5.88. The minimum absolute atomic E-state index is 0.0727. The summed E-state index contributed by atoms with van der Waals surface area (Å²) in [7, 11) is 0. The lowest BCUT2D eigenvalue weighted by Crippen LogP contribution is -2.20. The summed E-state index contributed by atoms with van der Waals surface area (Å²) in [5, 5.41) is 16.2. The number of aromatic hydroxyl groups is 1. The molecule has 1 atom stereocenters. The lowest BCUT2D eigenvalue weighted by atomic mass is 10.0. The minimum atomic E-state index is -0.0727. The van der Waals surface area contributed by atoms with Crippen LogP contribution in [0, 0.1) is 0 Å². The first-order chi connectivity index (χ1) is 10.6. The predicted octanol–water partition coefficient (Wildman–Crippen LogP) is 3.59. The van der Waals surface area contributed by atoms with Crippen molar-refractivity contribution < 1.29 is 9.90 Å². The molecule has 116 valence electrons. The summed E-state index contributed by atoms with van der Waals surface area (Å²) in [5.74, 6) is 0.249. The van der Waals surface area contributed by atoms with Crippen molar-refractivity contribution in [2.75, 3.05) is 5.32 Å². The second-order valence-corrected chi connectivity index (χ2v) is 5.28. The quantitative estimate of drug-likeness (QED) is 0.763. The first kappa shape index (κ1) is 16.0. The van der Waals surface area contributed by atoms with Crippen LogP contribution in [-0.2, 0) is 11.3 Å². The SMILES string of the molecule is CC[C@@H](NCc1ccc(NC(C)=O)cc1)c1ccccc1O. The Hall–Kier alpha value is -2.33. The van der Waals surface area contributed by atoms with E-state index in [0.29, 0.717) is 12.3 Å². The number of nitrogens with one attached hydrogen (secondary N) is 2. The van der Waals surface area contributed by atoms with Gasteiger partial charge in [0.2, 0.25) is 5.91 Å². The van der Waals surface area contributed by atoms with Gasteiger partial charge in [-0.3, -0.25) is 4.79 Å². The van der Waals surface area contributed by atoms with Crippen LogP contribution in [0.5, 0.6) is 5.75 Å². The Labute approximate surface area is 131 Å². The normalized spacial score (nSPS) is 11.9. The van der Waals surface area contributed by atoms with Gasteiger partial charge < -0.3 is 15.7 Å². The zero-order valence-corrected chi connectivity index (χ0v) is 13.0. The highest BCUT2D eigenvalue weighted by atomic mass is 16.3. The van der Waals surface area contributed by atoms with Crippen molar-refractivity contribution >= 4 is 11.6 Å². The van der Waals surface area contributed by atoms with E-state index in [-0.39, 0.29) is 11.9 Å². The van der Waals surface area contributed by atoms with E-state index in [2.05, 4.69) is 17.6 Å². The van der Waals surface area contributed by atoms with Gasteiger partial charge in [-0.2, -0.15) is 0 Å². The molecule has 0 radical (unpaired) electrons. The van der Waals surface area contributed by atoms with E-state index in [1.165, 1.54) is 6.92 Å². The van der Waals surface area contributed by atoms with Crippen LogP contribution in [-0.4, -0.2) is 11.0 Å². The molecule has 3 N–H and O–H groups in total. The van der Waals surface area contributed by atoms with E-state index >= 15 is 0 Å². The van der Waals surface area contributed by atoms with Crippen LogP contribution in [0.1, 0.15) is 37.4 Å². The maximum absolute atomic E-state index is 11.0. The molecule has 0 unspecified atom stereocenters. The van der Waals surface area contributed by atoms with Crippen LogP contribution in [0.15, 0.2) is 48.5 Å². The molecule has 0 aliphatic carbocycles. The highest BCUT2D eigenvalue weighted by Crippen LogP contribution is 2.26. The average molecular weight is 298 g/mol. The number of anilines is 1. The minimum Gasteiger partial charge on any atom is -0.508 e. The first-order valence-corrected chi connectivity index (χ1v) is 7.48. The maximum atomic E-state index is 11.0. The summed E-state index contributed by atoms with van der Waals surface area (Å²) in [4.78, 5) is 11.0. The van der Waals surface area contributed by atoms with E-state index in [9.17, 15) is 9.90 Å². The second kappa shape index (κ2) is 7.61. The number of para-hydroxylation sites is 1. The molecule has 2 aromatic rings. The van der Waals surface area contributed by atoms with Crippen LogP contribution in [0.4, 0.5) is 5.69 Å². The molecule has 0 bridgehead atoms. The third-order valence-corrected chi connectivity index (χ3v) is 3.55. The molecule has 0 spiro atoms. The van der Waals surface area contributed by atoms with Crippen molar-refractivity contribution in [3.05, 3.63) is 59.7 Å². The van der Waals surface area contributed by atoms with E-state index in [1.54, 1.807) is 6.07 Å². The monoisotopic (exact) mass is 298 g/mol. The number of hydrogen-bond acceptors (Lipinski definition) is 3. The lowest BCUT2D eigenvalue weighted by molar-refractivity contribution is -0.114. The number of phenols is 1. The Morgan fingerprint density at radius 2 is 1.82 bits per heavy atom. The Balaban J connectivity index is 1.99. The van der Waals surface area contributed by atoms with Crippen molar-refractivity contribution in [3.8, 4) is 5.75 Å². The van der Waals surface area contributed by atoms with Gasteiger partial charge in [0.05, 0.1) is 0 Å². The largest absolute Gasteiger partial charge is 0.508 e. The molecule has 0 aromatic heterocycles. The van der Waals surface area contributed by atoms with Crippen LogP contribution < -0.4 is 10.6 Å². The van der Waals surface area contributed by atoms with Gasteiger partial charge in [-0.25, -0.2) is 0 Å². The fraction of sp³-hybridized carbons (Fsp3) is 0.278. The van der Waals surface area contributed by atoms with Crippen LogP contribution >= 0.6 is 0 Å². The molecule has 0 fully saturated rings. The molecule has 4 heteroatoms. The molecule has 4 nitrogen and oxygen atoms in total. The molecular formula is C18H22N2O2. The second-order valence-electron chi connectivity index (χ2n) is 5.28. The van der Waals surface area contributed by atoms with E-state index in [4.69, 9.17) is 0 Å². The molecule has 2 aromatic carbocycles. The molecule has 2 rings (SSSR count). The van der Waals surface area contributed by atoms with Gasteiger partial charge in [0, 0.05) is 30.8 Å². The van der Waals surface area contributed by atoms with Crippen LogP contribution in [0.3, 0.4) is 0 Å². The number of benzene rings is 2. The van der Waals surface area contributed by atoms with Gasteiger partial charge in [-0.1, -0.05) is 37.3 Å². The van der Waals surface area contributed by atoms with Gasteiger partial charge in [-0.05, 0) is 30.2 Å². The molecule has 1 amide bonds. The number of hydrogen-bond donors (Lipinski definition) is 3. The number of rotatable bonds is 6. The molecule has 0 aliphatic heterocycles. The van der Waals surface area contributed by atoms with E-state index < -0.39 is 0 Å². The van der Waals surface area contributed by atoms with Crippen molar-refractivity contribution in [1.82, 2.24) is 5.32 Å². The summed E-state index contributed by atoms with van der Waals surface area (Å²) in [6, 6.07) is 15.3. The fourth-order valence-electron chi connectivity index (χ4n) is 2.41. The maximum Gasteiger partial charge on any atom is 0.221 e. The van der Waals surface area contributed by atoms with Crippen molar-refractivity contribution in [3.63, 3.8) is 0 Å². The average Bonchev–Trinajstić information content (AvgIpc) is 2.50. The Kier molecular flexibility index (Phi) is 5.55. The third-order valence-electron chi connectivity index (χ3n) is 3.55. The van der Waals surface area contributed by atoms with Gasteiger partial charge in [0.25, 0.3) is 0 Å². The molecule has 0 saturated carbocycles. The van der Waals surface area contributed by atoms with Crippen molar-refractivity contribution in [2.24, 2.45) is 0 Å². The molecule has 0 heterocycles. The Morgan fingerprint density at radius 1 is 1.14 bits per heavy atom. The fourth-order valence-corrected chi connectivity index (χ4v) is 2.41. The van der Waals surface area contributed by atoms with Gasteiger partial charge in [-0.15, -0.1) is 0 Å². The molecule has 0 saturated heterocycles. The van der Waals surface area contributed by atoms with Crippen molar-refractivity contribution in [2.45, 2.75) is 32.9 Å². The predicted molar refractivity (Wildman–Crippen MR) is 88.7 cm³/mol. The molecule has 22 heavy (non-hydrogen) atoms. The van der Waals surface area contributed by atoms with Crippen LogP contribution in [0.25, 0.3) is 0 Å². The highest BCUT2D eigenvalue weighted by Gasteiger charge is 2.12. The summed E-state index contributed by atoms with van der Waals surface area (Å²) in [6.07, 6.45) is 0.890. The van der Waals surface area contributed by atoms with Crippen molar-refractivity contribution in [1.29, 1.82) is 0 Å². The molecular weight excluding hydrogens is 276 g/mol. The van der Waals surface area contributed by atoms with Gasteiger partial charge in [0.15, 0.2) is 0 Å². The number of carbonyl (C=O) groups excluding carboxylic acids is 1. The summed E-state index contributed by atoms with van der Waals surface area (Å²) < 4.78 is 0. The third kappa shape index (κ3) is 4.33. The van der Waals surface area contributed by atoms with Gasteiger partial charge in [0.1, 0.15) is 5.75 Å². The van der Waals surface area contributed by atoms with E-state index in [0.717, 1.165) is 23.2 Å². The number of carbonyl (C=O) groups is 1. The first-order valence-electron chi connectivity index (χ1n) is 7.48. The van der Waals surface area contributed by atoms with Gasteiger partial charge >= 0.3 is 0 Å². The zero-order valence-electron chi connectivity index (χ0n) is 13.0. The summed E-state index contributed by atoms with van der Waals surface area (Å²) in [5.41, 5.74) is 2.84. The Bertz CT molecular complexity index is 623. The van der Waals surface area contributed by atoms with Crippen LogP contribution in [0.2, 0.25) is 0 Å². The van der Waals surface area contributed by atoms with E-state index in [1.807, 2.05) is 42.5 Å². The Morgan fingerprint density at radius 3 is 2.41 bits per heavy atom. The number of phenolic OH excluding ortho intramolecular Hbond substituents is 1. The molecule has 0 aliphatic rings. The lowest BCUT2D eigenvalue weighted by Gasteiger charge is -2.18. The zero-order chi connectivity index (χ0) is 15.9. The standard InChI is InChI=1S/C18H22N2O2/c1-3-17(16-6-4-5-7-18(16)22)19-12-14-8-10-15(11-9-14)20-13(2)21/h4-11,17,19,22H,3,12H2,1-2H3,(H,20,21)/t17-/m1/s1. The summed E-state index contributed by atoms with van der Waals surface area (Å²) >= 11 is 0. The topological polar surface area (TPSA) is 61.4 Å². The summed E-state index contributed by atoms with van der Waals surface area (Å²) in [6.45, 7) is 4.28.